The van der Waals surface area contributed by atoms with Gasteiger partial charge in [-0.1, -0.05) is 37.1 Å². The van der Waals surface area contributed by atoms with Crippen LogP contribution in [0.5, 0.6) is 5.75 Å². The first-order chi connectivity index (χ1) is 15.1. The molecule has 3 aromatic rings. The van der Waals surface area contributed by atoms with E-state index in [1.807, 2.05) is 18.2 Å². The standard InChI is InChI=1S/C26H31N3O2/c1-18-8-7-13-24(19(18)2)31-15-14-28-23-12-6-5-11-22(23)27-26(28)20-16-25(30)29(17-20)21-9-3-4-10-21/h5-8,11-13,20-21H,3-4,9-10,14-17H2,1-2H3. The predicted molar refractivity (Wildman–Crippen MR) is 122 cm³/mol. The first-order valence-electron chi connectivity index (χ1n) is 11.6. The molecule has 0 spiro atoms. The van der Waals surface area contributed by atoms with Crippen molar-refractivity contribution in [3.05, 3.63) is 59.4 Å². The van der Waals surface area contributed by atoms with Gasteiger partial charge in [-0.2, -0.15) is 0 Å². The van der Waals surface area contributed by atoms with E-state index < -0.39 is 0 Å². The van der Waals surface area contributed by atoms with Crippen molar-refractivity contribution < 1.29 is 9.53 Å². The van der Waals surface area contributed by atoms with Crippen molar-refractivity contribution in [2.45, 2.75) is 64.5 Å². The average Bonchev–Trinajstić information content (AvgIpc) is 3.50. The molecule has 2 aromatic carbocycles. The van der Waals surface area contributed by atoms with Gasteiger partial charge in [0.15, 0.2) is 0 Å². The second kappa shape index (κ2) is 8.37. The molecule has 0 radical (unpaired) electrons. The Labute approximate surface area is 184 Å². The number of aromatic nitrogens is 2. The maximum absolute atomic E-state index is 12.8. The molecule has 1 aliphatic carbocycles. The monoisotopic (exact) mass is 417 g/mol. The molecule has 31 heavy (non-hydrogen) atoms. The van der Waals surface area contributed by atoms with E-state index in [2.05, 4.69) is 47.6 Å². The summed E-state index contributed by atoms with van der Waals surface area (Å²) in [7, 11) is 0. The number of hydrogen-bond acceptors (Lipinski definition) is 3. The molecule has 1 aromatic heterocycles. The van der Waals surface area contributed by atoms with Gasteiger partial charge in [-0.15, -0.1) is 0 Å². The molecule has 2 aliphatic rings. The van der Waals surface area contributed by atoms with Crippen molar-refractivity contribution in [3.63, 3.8) is 0 Å². The number of ether oxygens (including phenoxy) is 1. The first-order valence-corrected chi connectivity index (χ1v) is 11.6. The predicted octanol–water partition coefficient (Wildman–Crippen LogP) is 4.99. The van der Waals surface area contributed by atoms with Gasteiger partial charge in [0, 0.05) is 24.9 Å². The molecule has 1 unspecified atom stereocenters. The molecule has 5 rings (SSSR count). The lowest BCUT2D eigenvalue weighted by atomic mass is 10.1. The van der Waals surface area contributed by atoms with Gasteiger partial charge in [-0.25, -0.2) is 4.98 Å². The Morgan fingerprint density at radius 2 is 1.87 bits per heavy atom. The fourth-order valence-corrected chi connectivity index (χ4v) is 5.24. The summed E-state index contributed by atoms with van der Waals surface area (Å²) in [6, 6.07) is 14.9. The minimum absolute atomic E-state index is 0.154. The Bertz CT molecular complexity index is 1100. The van der Waals surface area contributed by atoms with Gasteiger partial charge in [-0.3, -0.25) is 4.79 Å². The van der Waals surface area contributed by atoms with Crippen molar-refractivity contribution in [2.24, 2.45) is 0 Å². The summed E-state index contributed by atoms with van der Waals surface area (Å²) in [5.41, 5.74) is 4.54. The Balaban J connectivity index is 1.38. The number of rotatable bonds is 6. The minimum atomic E-state index is 0.154. The second-order valence-electron chi connectivity index (χ2n) is 9.04. The molecule has 1 saturated carbocycles. The van der Waals surface area contributed by atoms with Crippen LogP contribution in [0.4, 0.5) is 0 Å². The van der Waals surface area contributed by atoms with Crippen molar-refractivity contribution in [1.29, 1.82) is 0 Å². The van der Waals surface area contributed by atoms with Crippen LogP contribution in [-0.2, 0) is 11.3 Å². The Hall–Kier alpha value is -2.82. The number of carbonyl (C=O) groups is 1. The van der Waals surface area contributed by atoms with Crippen LogP contribution in [0.15, 0.2) is 42.5 Å². The fraction of sp³-hybridized carbons (Fsp3) is 0.462. The lowest BCUT2D eigenvalue weighted by Gasteiger charge is -2.24. The molecule has 1 amide bonds. The maximum atomic E-state index is 12.8. The molecule has 1 saturated heterocycles. The van der Waals surface area contributed by atoms with E-state index in [0.717, 1.165) is 48.5 Å². The van der Waals surface area contributed by atoms with Crippen LogP contribution >= 0.6 is 0 Å². The highest BCUT2D eigenvalue weighted by Crippen LogP contribution is 2.35. The molecule has 0 N–H and O–H groups in total. The number of nitrogens with zero attached hydrogens (tertiary/aromatic N) is 3. The summed E-state index contributed by atoms with van der Waals surface area (Å²) >= 11 is 0. The fourth-order valence-electron chi connectivity index (χ4n) is 5.24. The maximum Gasteiger partial charge on any atom is 0.223 e. The van der Waals surface area contributed by atoms with Crippen LogP contribution < -0.4 is 4.74 Å². The van der Waals surface area contributed by atoms with E-state index in [9.17, 15) is 4.79 Å². The van der Waals surface area contributed by atoms with Gasteiger partial charge < -0.3 is 14.2 Å². The van der Waals surface area contributed by atoms with Crippen LogP contribution in [0.3, 0.4) is 0 Å². The number of amides is 1. The highest BCUT2D eigenvalue weighted by Gasteiger charge is 2.38. The molecule has 5 nitrogen and oxygen atoms in total. The summed E-state index contributed by atoms with van der Waals surface area (Å²) in [6.45, 7) is 6.30. The number of benzene rings is 2. The molecular formula is C26H31N3O2. The number of imidazole rings is 1. The van der Waals surface area contributed by atoms with E-state index in [1.165, 1.54) is 24.0 Å². The van der Waals surface area contributed by atoms with Crippen LogP contribution in [0.25, 0.3) is 11.0 Å². The second-order valence-corrected chi connectivity index (χ2v) is 9.04. The first kappa shape index (κ1) is 20.1. The molecule has 162 valence electrons. The summed E-state index contributed by atoms with van der Waals surface area (Å²) in [6.07, 6.45) is 5.36. The Morgan fingerprint density at radius 3 is 2.71 bits per heavy atom. The molecular weight excluding hydrogens is 386 g/mol. The molecule has 2 heterocycles. The van der Waals surface area contributed by atoms with Crippen LogP contribution in [0, 0.1) is 13.8 Å². The SMILES string of the molecule is Cc1cccc(OCCn2c(C3CC(=O)N(C4CCCC4)C3)nc3ccccc32)c1C. The third-order valence-electron chi connectivity index (χ3n) is 7.10. The molecule has 0 bridgehead atoms. The van der Waals surface area contributed by atoms with Gasteiger partial charge in [0.2, 0.25) is 5.91 Å². The van der Waals surface area contributed by atoms with Crippen molar-refractivity contribution >= 4 is 16.9 Å². The summed E-state index contributed by atoms with van der Waals surface area (Å²) < 4.78 is 8.43. The van der Waals surface area contributed by atoms with E-state index in [0.29, 0.717) is 25.0 Å². The zero-order valence-electron chi connectivity index (χ0n) is 18.5. The Morgan fingerprint density at radius 1 is 1.06 bits per heavy atom. The lowest BCUT2D eigenvalue weighted by molar-refractivity contribution is -0.129. The number of fused-ring (bicyclic) bond motifs is 1. The van der Waals surface area contributed by atoms with Crippen molar-refractivity contribution in [2.75, 3.05) is 13.2 Å². The molecule has 2 fully saturated rings. The third kappa shape index (κ3) is 3.82. The number of hydrogen-bond donors (Lipinski definition) is 0. The summed E-state index contributed by atoms with van der Waals surface area (Å²) in [5, 5.41) is 0. The van der Waals surface area contributed by atoms with Crippen LogP contribution in [-0.4, -0.2) is 39.6 Å². The van der Waals surface area contributed by atoms with Gasteiger partial charge in [0.05, 0.1) is 17.6 Å². The van der Waals surface area contributed by atoms with Crippen LogP contribution in [0.1, 0.15) is 55.0 Å². The van der Waals surface area contributed by atoms with Gasteiger partial charge in [0.25, 0.3) is 0 Å². The van der Waals surface area contributed by atoms with Gasteiger partial charge in [-0.05, 0) is 56.0 Å². The zero-order chi connectivity index (χ0) is 21.4. The Kier molecular flexibility index (Phi) is 5.43. The zero-order valence-corrected chi connectivity index (χ0v) is 18.5. The topological polar surface area (TPSA) is 47.4 Å². The number of aryl methyl sites for hydroxylation is 1. The molecule has 1 aliphatic heterocycles. The minimum Gasteiger partial charge on any atom is -0.491 e. The largest absolute Gasteiger partial charge is 0.491 e. The lowest BCUT2D eigenvalue weighted by Crippen LogP contribution is -2.34. The smallest absolute Gasteiger partial charge is 0.223 e. The number of likely N-dealkylation sites (tertiary alicyclic amines) is 1. The molecule has 5 heteroatoms. The van der Waals surface area contributed by atoms with E-state index >= 15 is 0 Å². The van der Waals surface area contributed by atoms with E-state index in [4.69, 9.17) is 9.72 Å². The third-order valence-corrected chi connectivity index (χ3v) is 7.10. The summed E-state index contributed by atoms with van der Waals surface area (Å²) in [4.78, 5) is 19.9. The van der Waals surface area contributed by atoms with Gasteiger partial charge >= 0.3 is 0 Å². The van der Waals surface area contributed by atoms with E-state index in [1.54, 1.807) is 0 Å². The van der Waals surface area contributed by atoms with Crippen LogP contribution in [0.2, 0.25) is 0 Å². The van der Waals surface area contributed by atoms with Gasteiger partial charge in [0.1, 0.15) is 18.2 Å². The highest BCUT2D eigenvalue weighted by molar-refractivity contribution is 5.81. The molecule has 1 atom stereocenters. The highest BCUT2D eigenvalue weighted by atomic mass is 16.5. The normalized spacial score (nSPS) is 19.6. The average molecular weight is 418 g/mol. The number of carbonyl (C=O) groups excluding carboxylic acids is 1. The summed E-state index contributed by atoms with van der Waals surface area (Å²) in [5.74, 6) is 2.41. The van der Waals surface area contributed by atoms with Crippen molar-refractivity contribution in [1.82, 2.24) is 14.5 Å². The quantitative estimate of drug-likeness (QED) is 0.568. The van der Waals surface area contributed by atoms with Crippen molar-refractivity contribution in [3.8, 4) is 5.75 Å². The number of para-hydroxylation sites is 2. The van der Waals surface area contributed by atoms with E-state index in [-0.39, 0.29) is 5.92 Å².